The molecule has 2 aromatic carbocycles. The number of carbonyl (C=O) groups excluding carboxylic acids is 1. The minimum atomic E-state index is -0.182. The first-order valence-corrected chi connectivity index (χ1v) is 8.22. The number of methoxy groups -OCH3 is 1. The molecule has 0 aliphatic carbocycles. The largest absolute Gasteiger partial charge is 0.497 e. The van der Waals surface area contributed by atoms with Gasteiger partial charge in [0.1, 0.15) is 23.2 Å². The van der Waals surface area contributed by atoms with Gasteiger partial charge in [0.05, 0.1) is 7.11 Å². The molecule has 0 bridgehead atoms. The van der Waals surface area contributed by atoms with Crippen molar-refractivity contribution in [2.45, 2.75) is 19.4 Å². The highest BCUT2D eigenvalue weighted by atomic mass is 16.5. The van der Waals surface area contributed by atoms with Crippen molar-refractivity contribution in [3.8, 4) is 11.5 Å². The van der Waals surface area contributed by atoms with Crippen molar-refractivity contribution in [3.05, 3.63) is 65.4 Å². The van der Waals surface area contributed by atoms with Gasteiger partial charge < -0.3 is 13.9 Å². The first-order valence-electron chi connectivity index (χ1n) is 8.22. The van der Waals surface area contributed by atoms with Crippen LogP contribution in [-0.2, 0) is 6.42 Å². The molecule has 1 aromatic heterocycles. The molecule has 0 saturated carbocycles. The van der Waals surface area contributed by atoms with Crippen molar-refractivity contribution in [1.29, 1.82) is 0 Å². The van der Waals surface area contributed by atoms with E-state index in [-0.39, 0.29) is 11.9 Å². The molecule has 0 unspecified atom stereocenters. The molecule has 0 radical (unpaired) electrons. The molecule has 1 aliphatic rings. The molecule has 0 amide bonds. The molecule has 126 valence electrons. The molecule has 25 heavy (non-hydrogen) atoms. The first-order chi connectivity index (χ1) is 12.1. The third-order valence-electron chi connectivity index (χ3n) is 4.31. The van der Waals surface area contributed by atoms with Crippen molar-refractivity contribution >= 4 is 22.8 Å². The van der Waals surface area contributed by atoms with Crippen LogP contribution < -0.4 is 9.47 Å². The molecule has 0 spiro atoms. The zero-order valence-corrected chi connectivity index (χ0v) is 14.1. The minimum Gasteiger partial charge on any atom is -0.497 e. The molecule has 0 N–H and O–H groups in total. The Hall–Kier alpha value is -3.01. The Morgan fingerprint density at radius 2 is 2.08 bits per heavy atom. The molecule has 1 aliphatic heterocycles. The Morgan fingerprint density at radius 3 is 2.88 bits per heavy atom. The zero-order chi connectivity index (χ0) is 17.4. The van der Waals surface area contributed by atoms with Crippen molar-refractivity contribution in [2.24, 2.45) is 0 Å². The highest BCUT2D eigenvalue weighted by Gasteiger charge is 2.22. The van der Waals surface area contributed by atoms with Gasteiger partial charge in [-0.3, -0.25) is 4.79 Å². The van der Waals surface area contributed by atoms with E-state index >= 15 is 0 Å². The molecule has 0 fully saturated rings. The van der Waals surface area contributed by atoms with E-state index < -0.39 is 0 Å². The van der Waals surface area contributed by atoms with E-state index in [2.05, 4.69) is 0 Å². The highest BCUT2D eigenvalue weighted by Crippen LogP contribution is 2.37. The molecule has 0 saturated heterocycles. The molecule has 4 rings (SSSR count). The number of para-hydroxylation sites is 1. The fourth-order valence-electron chi connectivity index (χ4n) is 3.12. The van der Waals surface area contributed by atoms with Gasteiger partial charge in [-0.2, -0.15) is 0 Å². The fourth-order valence-corrected chi connectivity index (χ4v) is 3.12. The number of furan rings is 1. The first kappa shape index (κ1) is 15.5. The molecule has 3 aromatic rings. The summed E-state index contributed by atoms with van der Waals surface area (Å²) in [5.41, 5.74) is 2.64. The van der Waals surface area contributed by atoms with E-state index in [4.69, 9.17) is 13.9 Å². The second-order valence-corrected chi connectivity index (χ2v) is 6.18. The summed E-state index contributed by atoms with van der Waals surface area (Å²) in [7, 11) is 1.63. The third-order valence-corrected chi connectivity index (χ3v) is 4.31. The lowest BCUT2D eigenvalue weighted by molar-refractivity contribution is 0.102. The van der Waals surface area contributed by atoms with E-state index in [1.54, 1.807) is 19.3 Å². The number of ether oxygens (including phenoxy) is 2. The molecule has 2 heterocycles. The van der Waals surface area contributed by atoms with Gasteiger partial charge in [-0.15, -0.1) is 0 Å². The molecular weight excluding hydrogens is 316 g/mol. The maximum absolute atomic E-state index is 12.5. The second-order valence-electron chi connectivity index (χ2n) is 6.18. The van der Waals surface area contributed by atoms with E-state index in [9.17, 15) is 4.79 Å². The monoisotopic (exact) mass is 334 g/mol. The Morgan fingerprint density at radius 1 is 1.24 bits per heavy atom. The van der Waals surface area contributed by atoms with E-state index in [1.807, 2.05) is 43.3 Å². The number of rotatable bonds is 4. The van der Waals surface area contributed by atoms with Gasteiger partial charge in [-0.1, -0.05) is 18.2 Å². The van der Waals surface area contributed by atoms with Crippen LogP contribution in [0.5, 0.6) is 11.5 Å². The maximum atomic E-state index is 12.5. The van der Waals surface area contributed by atoms with Crippen LogP contribution in [0.2, 0.25) is 0 Å². The van der Waals surface area contributed by atoms with Gasteiger partial charge in [-0.05, 0) is 43.3 Å². The van der Waals surface area contributed by atoms with Crippen molar-refractivity contribution in [1.82, 2.24) is 0 Å². The van der Waals surface area contributed by atoms with E-state index in [0.717, 1.165) is 34.4 Å². The van der Waals surface area contributed by atoms with Crippen LogP contribution in [0.25, 0.3) is 17.0 Å². The van der Waals surface area contributed by atoms with Crippen LogP contribution in [-0.4, -0.2) is 19.0 Å². The summed E-state index contributed by atoms with van der Waals surface area (Å²) in [4.78, 5) is 12.5. The summed E-state index contributed by atoms with van der Waals surface area (Å²) in [6.45, 7) is 2.03. The highest BCUT2D eigenvalue weighted by molar-refractivity contribution is 6.07. The minimum absolute atomic E-state index is 0.125. The summed E-state index contributed by atoms with van der Waals surface area (Å²) in [6, 6.07) is 13.2. The van der Waals surface area contributed by atoms with Crippen molar-refractivity contribution in [3.63, 3.8) is 0 Å². The molecule has 4 heteroatoms. The van der Waals surface area contributed by atoms with Crippen LogP contribution in [0.1, 0.15) is 28.6 Å². The van der Waals surface area contributed by atoms with Gasteiger partial charge in [0.25, 0.3) is 0 Å². The molecule has 4 nitrogen and oxygen atoms in total. The quantitative estimate of drug-likeness (QED) is 0.514. The van der Waals surface area contributed by atoms with Crippen LogP contribution in [0.4, 0.5) is 0 Å². The van der Waals surface area contributed by atoms with Crippen LogP contribution in [0, 0.1) is 0 Å². The SMILES string of the molecule is COc1cc(/C=C/C(=O)c2cc3ccccc3o2)c2c(c1)C[C@H](C)O2. The molecule has 1 atom stereocenters. The Bertz CT molecular complexity index is 948. The number of ketones is 1. The number of hydrogen-bond donors (Lipinski definition) is 0. The summed E-state index contributed by atoms with van der Waals surface area (Å²) in [5.74, 6) is 1.72. The number of allylic oxidation sites excluding steroid dienone is 1. The summed E-state index contributed by atoms with van der Waals surface area (Å²) in [5, 5.41) is 0.915. The topological polar surface area (TPSA) is 48.7 Å². The van der Waals surface area contributed by atoms with Gasteiger partial charge in [0.15, 0.2) is 5.76 Å². The fraction of sp³-hybridized carbons (Fsp3) is 0.190. The van der Waals surface area contributed by atoms with Crippen LogP contribution in [0.3, 0.4) is 0 Å². The number of fused-ring (bicyclic) bond motifs is 2. The Kier molecular flexibility index (Phi) is 3.80. The Labute approximate surface area is 145 Å². The van der Waals surface area contributed by atoms with Gasteiger partial charge >= 0.3 is 0 Å². The molecular formula is C21H18O4. The third kappa shape index (κ3) is 2.91. The smallest absolute Gasteiger partial charge is 0.221 e. The lowest BCUT2D eigenvalue weighted by Gasteiger charge is -2.08. The Balaban J connectivity index is 1.65. The average molecular weight is 334 g/mol. The van der Waals surface area contributed by atoms with Crippen LogP contribution >= 0.6 is 0 Å². The zero-order valence-electron chi connectivity index (χ0n) is 14.1. The standard InChI is InChI=1S/C21H18O4/c1-13-9-16-11-17(23-2)10-15(21(16)24-13)7-8-18(22)20-12-14-5-3-4-6-19(14)25-20/h3-8,10-13H,9H2,1-2H3/b8-7+/t13-/m0/s1. The van der Waals surface area contributed by atoms with Gasteiger partial charge in [0.2, 0.25) is 5.78 Å². The average Bonchev–Trinajstić information content (AvgIpc) is 3.21. The number of carbonyl (C=O) groups is 1. The summed E-state index contributed by atoms with van der Waals surface area (Å²) in [6.07, 6.45) is 4.24. The predicted octanol–water partition coefficient (Wildman–Crippen LogP) is 4.66. The van der Waals surface area contributed by atoms with E-state index in [0.29, 0.717) is 11.3 Å². The number of benzene rings is 2. The van der Waals surface area contributed by atoms with Gasteiger partial charge in [-0.25, -0.2) is 0 Å². The predicted molar refractivity (Wildman–Crippen MR) is 96.4 cm³/mol. The lowest BCUT2D eigenvalue weighted by Crippen LogP contribution is -2.05. The normalized spacial score (nSPS) is 16.2. The van der Waals surface area contributed by atoms with Crippen LogP contribution in [0.15, 0.2) is 53.0 Å². The van der Waals surface area contributed by atoms with Crippen molar-refractivity contribution in [2.75, 3.05) is 7.11 Å². The van der Waals surface area contributed by atoms with Gasteiger partial charge in [0, 0.05) is 22.9 Å². The van der Waals surface area contributed by atoms with Crippen molar-refractivity contribution < 1.29 is 18.7 Å². The summed E-state index contributed by atoms with van der Waals surface area (Å²) < 4.78 is 16.9. The lowest BCUT2D eigenvalue weighted by atomic mass is 10.0. The van der Waals surface area contributed by atoms with E-state index in [1.165, 1.54) is 6.08 Å². The number of hydrogen-bond acceptors (Lipinski definition) is 4. The summed E-state index contributed by atoms with van der Waals surface area (Å²) >= 11 is 0. The second kappa shape index (κ2) is 6.13. The maximum Gasteiger partial charge on any atom is 0.221 e.